The molecule has 0 aromatic heterocycles. The maximum absolute atomic E-state index is 4.62. The Bertz CT molecular complexity index is 167. The number of rotatable bonds is 4. The van der Waals surface area contributed by atoms with Crippen molar-refractivity contribution >= 4 is 5.71 Å². The molecule has 1 aliphatic rings. The second kappa shape index (κ2) is 5.38. The van der Waals surface area contributed by atoms with Crippen molar-refractivity contribution in [3.63, 3.8) is 0 Å². The van der Waals surface area contributed by atoms with Gasteiger partial charge in [-0.3, -0.25) is 4.99 Å². The molecule has 1 fully saturated rings. The molecule has 2 heteroatoms. The summed E-state index contributed by atoms with van der Waals surface area (Å²) >= 11 is 0. The largest absolute Gasteiger partial charge is 0.316 e. The Labute approximate surface area is 81.8 Å². The van der Waals surface area contributed by atoms with Crippen molar-refractivity contribution in [2.75, 3.05) is 19.6 Å². The standard InChI is InChI=1S/C11H22N2/c1-9(2)6-10(3)13-8-11-4-5-12-7-11/h9,11-12H,4-8H2,1-3H3/t11-/m1/s1. The molecule has 0 saturated carbocycles. The van der Waals surface area contributed by atoms with Crippen molar-refractivity contribution in [2.45, 2.75) is 33.6 Å². The van der Waals surface area contributed by atoms with Crippen LogP contribution in [0.1, 0.15) is 33.6 Å². The highest BCUT2D eigenvalue weighted by Crippen LogP contribution is 2.08. The number of nitrogens with one attached hydrogen (secondary N) is 1. The van der Waals surface area contributed by atoms with Gasteiger partial charge in [-0.1, -0.05) is 13.8 Å². The first-order valence-corrected chi connectivity index (χ1v) is 5.39. The number of hydrogen-bond acceptors (Lipinski definition) is 2. The van der Waals surface area contributed by atoms with Crippen molar-refractivity contribution in [1.82, 2.24) is 5.32 Å². The predicted octanol–water partition coefficient (Wildman–Crippen LogP) is 2.10. The van der Waals surface area contributed by atoms with E-state index in [0.717, 1.165) is 24.8 Å². The van der Waals surface area contributed by atoms with E-state index in [4.69, 9.17) is 0 Å². The Hall–Kier alpha value is -0.370. The highest BCUT2D eigenvalue weighted by Gasteiger charge is 2.13. The summed E-state index contributed by atoms with van der Waals surface area (Å²) in [4.78, 5) is 4.62. The summed E-state index contributed by atoms with van der Waals surface area (Å²) < 4.78 is 0. The highest BCUT2D eigenvalue weighted by molar-refractivity contribution is 5.82. The van der Waals surface area contributed by atoms with Crippen LogP contribution in [0.15, 0.2) is 4.99 Å². The van der Waals surface area contributed by atoms with E-state index in [0.29, 0.717) is 0 Å². The highest BCUT2D eigenvalue weighted by atomic mass is 14.9. The average Bonchev–Trinajstić information content (AvgIpc) is 2.51. The van der Waals surface area contributed by atoms with Gasteiger partial charge in [0.05, 0.1) is 0 Å². The molecule has 0 unspecified atom stereocenters. The molecule has 0 spiro atoms. The van der Waals surface area contributed by atoms with Gasteiger partial charge in [0.2, 0.25) is 0 Å². The zero-order chi connectivity index (χ0) is 9.68. The molecule has 1 rings (SSSR count). The minimum atomic E-state index is 0.741. The van der Waals surface area contributed by atoms with Crippen LogP contribution in [0.4, 0.5) is 0 Å². The van der Waals surface area contributed by atoms with Crippen molar-refractivity contribution < 1.29 is 0 Å². The Morgan fingerprint density at radius 2 is 2.31 bits per heavy atom. The molecule has 0 aromatic carbocycles. The van der Waals surface area contributed by atoms with Crippen LogP contribution in [0.25, 0.3) is 0 Å². The Kier molecular flexibility index (Phi) is 4.43. The Morgan fingerprint density at radius 1 is 1.54 bits per heavy atom. The van der Waals surface area contributed by atoms with Gasteiger partial charge in [-0.15, -0.1) is 0 Å². The van der Waals surface area contributed by atoms with Crippen molar-refractivity contribution in [3.8, 4) is 0 Å². The van der Waals surface area contributed by atoms with E-state index in [1.165, 1.54) is 25.2 Å². The van der Waals surface area contributed by atoms with Gasteiger partial charge in [0.25, 0.3) is 0 Å². The lowest BCUT2D eigenvalue weighted by Gasteiger charge is -2.07. The Balaban J connectivity index is 2.21. The quantitative estimate of drug-likeness (QED) is 0.662. The van der Waals surface area contributed by atoms with Crippen LogP contribution in [0.2, 0.25) is 0 Å². The van der Waals surface area contributed by atoms with Gasteiger partial charge >= 0.3 is 0 Å². The van der Waals surface area contributed by atoms with Crippen molar-refractivity contribution in [2.24, 2.45) is 16.8 Å². The van der Waals surface area contributed by atoms with E-state index < -0.39 is 0 Å². The first kappa shape index (κ1) is 10.7. The van der Waals surface area contributed by atoms with Crippen molar-refractivity contribution in [1.29, 1.82) is 0 Å². The molecule has 2 nitrogen and oxygen atoms in total. The topological polar surface area (TPSA) is 24.4 Å². The average molecular weight is 182 g/mol. The molecule has 0 aliphatic carbocycles. The van der Waals surface area contributed by atoms with E-state index >= 15 is 0 Å². The number of aliphatic imine (C=N–C) groups is 1. The second-order valence-corrected chi connectivity index (χ2v) is 4.53. The van der Waals surface area contributed by atoms with Gasteiger partial charge < -0.3 is 5.32 Å². The fraction of sp³-hybridized carbons (Fsp3) is 0.909. The van der Waals surface area contributed by atoms with Gasteiger partial charge in [0, 0.05) is 12.3 Å². The third-order valence-corrected chi connectivity index (χ3v) is 2.49. The SMILES string of the molecule is CC(CC(C)C)=NC[C@@H]1CCNC1. The van der Waals surface area contributed by atoms with Crippen LogP contribution in [0.5, 0.6) is 0 Å². The molecule has 1 aliphatic heterocycles. The molecule has 76 valence electrons. The number of hydrogen-bond donors (Lipinski definition) is 1. The lowest BCUT2D eigenvalue weighted by Crippen LogP contribution is -2.12. The maximum atomic E-state index is 4.62. The van der Waals surface area contributed by atoms with E-state index in [9.17, 15) is 0 Å². The van der Waals surface area contributed by atoms with Gasteiger partial charge in [-0.05, 0) is 44.7 Å². The zero-order valence-electron chi connectivity index (χ0n) is 9.14. The number of nitrogens with zero attached hydrogens (tertiary/aromatic N) is 1. The third-order valence-electron chi connectivity index (χ3n) is 2.49. The summed E-state index contributed by atoms with van der Waals surface area (Å²) in [5, 5.41) is 3.37. The molecule has 1 heterocycles. The summed E-state index contributed by atoms with van der Waals surface area (Å²) in [6.07, 6.45) is 2.46. The van der Waals surface area contributed by atoms with Crippen LogP contribution in [0, 0.1) is 11.8 Å². The lowest BCUT2D eigenvalue weighted by molar-refractivity contribution is 0.593. The summed E-state index contributed by atoms with van der Waals surface area (Å²) in [6, 6.07) is 0. The van der Waals surface area contributed by atoms with E-state index in [1.54, 1.807) is 0 Å². The summed E-state index contributed by atoms with van der Waals surface area (Å²) in [6.45, 7) is 10.0. The van der Waals surface area contributed by atoms with Crippen LogP contribution < -0.4 is 5.32 Å². The van der Waals surface area contributed by atoms with Gasteiger partial charge in [-0.2, -0.15) is 0 Å². The minimum Gasteiger partial charge on any atom is -0.316 e. The molecule has 1 atom stereocenters. The fourth-order valence-electron chi connectivity index (χ4n) is 1.81. The molecule has 13 heavy (non-hydrogen) atoms. The third kappa shape index (κ3) is 4.41. The first-order chi connectivity index (χ1) is 6.18. The molecule has 0 radical (unpaired) electrons. The minimum absolute atomic E-state index is 0.741. The van der Waals surface area contributed by atoms with Crippen LogP contribution in [-0.4, -0.2) is 25.3 Å². The molecule has 1 N–H and O–H groups in total. The van der Waals surface area contributed by atoms with E-state index in [1.807, 2.05) is 0 Å². The Morgan fingerprint density at radius 3 is 2.85 bits per heavy atom. The summed E-state index contributed by atoms with van der Waals surface area (Å²) in [5.74, 6) is 1.53. The lowest BCUT2D eigenvalue weighted by atomic mass is 10.1. The van der Waals surface area contributed by atoms with Gasteiger partial charge in [0.1, 0.15) is 0 Å². The monoisotopic (exact) mass is 182 g/mol. The molecular formula is C11H22N2. The van der Waals surface area contributed by atoms with Crippen LogP contribution in [-0.2, 0) is 0 Å². The molecule has 0 aromatic rings. The van der Waals surface area contributed by atoms with Gasteiger partial charge in [-0.25, -0.2) is 0 Å². The zero-order valence-corrected chi connectivity index (χ0v) is 9.14. The molecule has 0 amide bonds. The molecule has 1 saturated heterocycles. The summed E-state index contributed by atoms with van der Waals surface area (Å²) in [5.41, 5.74) is 1.32. The van der Waals surface area contributed by atoms with Crippen molar-refractivity contribution in [3.05, 3.63) is 0 Å². The molecule has 0 bridgehead atoms. The first-order valence-electron chi connectivity index (χ1n) is 5.39. The smallest absolute Gasteiger partial charge is 0.0429 e. The maximum Gasteiger partial charge on any atom is 0.0429 e. The van der Waals surface area contributed by atoms with E-state index in [2.05, 4.69) is 31.1 Å². The fourth-order valence-corrected chi connectivity index (χ4v) is 1.81. The normalized spacial score (nSPS) is 24.3. The van der Waals surface area contributed by atoms with E-state index in [-0.39, 0.29) is 0 Å². The summed E-state index contributed by atoms with van der Waals surface area (Å²) in [7, 11) is 0. The molecular weight excluding hydrogens is 160 g/mol. The van der Waals surface area contributed by atoms with Gasteiger partial charge in [0.15, 0.2) is 0 Å². The predicted molar refractivity (Wildman–Crippen MR) is 58.4 cm³/mol. The van der Waals surface area contributed by atoms with Crippen LogP contribution in [0.3, 0.4) is 0 Å². The second-order valence-electron chi connectivity index (χ2n) is 4.53. The van der Waals surface area contributed by atoms with Crippen LogP contribution >= 0.6 is 0 Å².